The highest BCUT2D eigenvalue weighted by molar-refractivity contribution is 5.95. The molecule has 4 heteroatoms. The average Bonchev–Trinajstić information content (AvgIpc) is 2.39. The Bertz CT molecular complexity index is 341. The van der Waals surface area contributed by atoms with Crippen LogP contribution in [0.3, 0.4) is 0 Å². The first-order chi connectivity index (χ1) is 9.08. The monoisotopic (exact) mass is 264 g/mol. The lowest BCUT2D eigenvalue weighted by Crippen LogP contribution is -2.33. The summed E-state index contributed by atoms with van der Waals surface area (Å²) < 4.78 is 9.94. The maximum absolute atomic E-state index is 11.9. The third-order valence-corrected chi connectivity index (χ3v) is 2.70. The van der Waals surface area contributed by atoms with Crippen LogP contribution in [0.1, 0.15) is 33.1 Å². The van der Waals surface area contributed by atoms with Crippen molar-refractivity contribution in [2.24, 2.45) is 11.8 Å². The van der Waals surface area contributed by atoms with Crippen molar-refractivity contribution in [1.29, 1.82) is 0 Å². The first-order valence-electron chi connectivity index (χ1n) is 6.28. The molecule has 0 fully saturated rings. The van der Waals surface area contributed by atoms with E-state index in [1.807, 2.05) is 6.92 Å². The molecule has 0 heterocycles. The van der Waals surface area contributed by atoms with E-state index in [2.05, 4.69) is 11.8 Å². The number of terminal acetylenes is 2. The molecule has 19 heavy (non-hydrogen) atoms. The molecule has 0 aromatic rings. The Morgan fingerprint density at radius 1 is 1.05 bits per heavy atom. The first-order valence-corrected chi connectivity index (χ1v) is 6.28. The predicted octanol–water partition coefficient (Wildman–Crippen LogP) is 1.78. The molecule has 1 atom stereocenters. The van der Waals surface area contributed by atoms with Crippen LogP contribution >= 0.6 is 0 Å². The summed E-state index contributed by atoms with van der Waals surface area (Å²) in [7, 11) is 0. The molecule has 104 valence electrons. The van der Waals surface area contributed by atoms with E-state index >= 15 is 0 Å². The maximum Gasteiger partial charge on any atom is 0.320 e. The smallest absolute Gasteiger partial charge is 0.320 e. The van der Waals surface area contributed by atoms with Gasteiger partial charge in [0.1, 0.15) is 13.2 Å². The predicted molar refractivity (Wildman–Crippen MR) is 71.8 cm³/mol. The molecule has 1 unspecified atom stereocenters. The van der Waals surface area contributed by atoms with Gasteiger partial charge in [-0.05, 0) is 5.92 Å². The second kappa shape index (κ2) is 10.0. The van der Waals surface area contributed by atoms with Gasteiger partial charge in [-0.15, -0.1) is 24.7 Å². The number of hydrogen-bond donors (Lipinski definition) is 0. The Labute approximate surface area is 114 Å². The van der Waals surface area contributed by atoms with Gasteiger partial charge in [0.2, 0.25) is 0 Å². The zero-order valence-electron chi connectivity index (χ0n) is 11.5. The molecule has 4 nitrogen and oxygen atoms in total. The molecule has 0 aliphatic carbocycles. The summed E-state index contributed by atoms with van der Waals surface area (Å²) in [5.74, 6) is 2.47. The number of hydrogen-bond acceptors (Lipinski definition) is 4. The second-order valence-corrected chi connectivity index (χ2v) is 4.11. The van der Waals surface area contributed by atoms with Gasteiger partial charge >= 0.3 is 11.9 Å². The minimum Gasteiger partial charge on any atom is -0.464 e. The lowest BCUT2D eigenvalue weighted by Gasteiger charge is -2.19. The molecule has 0 bridgehead atoms. The van der Waals surface area contributed by atoms with Crippen molar-refractivity contribution in [2.45, 2.75) is 33.1 Å². The van der Waals surface area contributed by atoms with E-state index in [1.54, 1.807) is 6.92 Å². The van der Waals surface area contributed by atoms with Gasteiger partial charge in [0.15, 0.2) is 5.92 Å². The van der Waals surface area contributed by atoms with Crippen molar-refractivity contribution < 1.29 is 19.1 Å². The van der Waals surface area contributed by atoms with Crippen molar-refractivity contribution in [3.63, 3.8) is 0 Å². The molecule has 0 aliphatic rings. The number of carbonyl (C=O) groups excluding carboxylic acids is 2. The van der Waals surface area contributed by atoms with Gasteiger partial charge in [-0.3, -0.25) is 9.59 Å². The topological polar surface area (TPSA) is 52.6 Å². The lowest BCUT2D eigenvalue weighted by molar-refractivity contribution is -0.164. The van der Waals surface area contributed by atoms with Crippen LogP contribution < -0.4 is 0 Å². The van der Waals surface area contributed by atoms with Gasteiger partial charge in [-0.1, -0.05) is 20.3 Å². The fourth-order valence-corrected chi connectivity index (χ4v) is 1.40. The fourth-order valence-electron chi connectivity index (χ4n) is 1.40. The molecule has 0 saturated heterocycles. The van der Waals surface area contributed by atoms with E-state index in [9.17, 15) is 9.59 Å². The Kier molecular flexibility index (Phi) is 9.00. The van der Waals surface area contributed by atoms with Crippen molar-refractivity contribution in [2.75, 3.05) is 13.2 Å². The SMILES string of the molecule is C#CCCOC(=O)C(C(=O)OCCC#C)C(C)CC. The van der Waals surface area contributed by atoms with Crippen LogP contribution in [0.15, 0.2) is 0 Å². The van der Waals surface area contributed by atoms with Gasteiger partial charge in [0, 0.05) is 12.8 Å². The summed E-state index contributed by atoms with van der Waals surface area (Å²) >= 11 is 0. The second-order valence-electron chi connectivity index (χ2n) is 4.11. The Morgan fingerprint density at radius 3 is 1.79 bits per heavy atom. The molecule has 0 aromatic carbocycles. The van der Waals surface area contributed by atoms with Crippen LogP contribution in [-0.4, -0.2) is 25.2 Å². The third kappa shape index (κ3) is 6.52. The van der Waals surface area contributed by atoms with Crippen LogP contribution in [0.5, 0.6) is 0 Å². The van der Waals surface area contributed by atoms with Crippen LogP contribution in [0.4, 0.5) is 0 Å². The van der Waals surface area contributed by atoms with Gasteiger partial charge in [-0.2, -0.15) is 0 Å². The minimum atomic E-state index is -0.916. The molecule has 0 radical (unpaired) electrons. The molecule has 0 amide bonds. The molecular formula is C15H20O4. The quantitative estimate of drug-likeness (QED) is 0.290. The fraction of sp³-hybridized carbons (Fsp3) is 0.600. The van der Waals surface area contributed by atoms with E-state index in [-0.39, 0.29) is 19.1 Å². The van der Waals surface area contributed by atoms with Crippen molar-refractivity contribution >= 4 is 11.9 Å². The van der Waals surface area contributed by atoms with E-state index in [0.29, 0.717) is 19.3 Å². The molecule has 0 N–H and O–H groups in total. The summed E-state index contributed by atoms with van der Waals surface area (Å²) in [6.45, 7) is 3.91. The zero-order chi connectivity index (χ0) is 14.7. The summed E-state index contributed by atoms with van der Waals surface area (Å²) in [5, 5.41) is 0. The number of carbonyl (C=O) groups is 2. The first kappa shape index (κ1) is 17.1. The molecule has 0 spiro atoms. The number of rotatable bonds is 8. The number of ether oxygens (including phenoxy) is 2. The average molecular weight is 264 g/mol. The molecule has 0 saturated carbocycles. The maximum atomic E-state index is 11.9. The van der Waals surface area contributed by atoms with Crippen LogP contribution in [0, 0.1) is 36.5 Å². The Balaban J connectivity index is 4.54. The van der Waals surface area contributed by atoms with Gasteiger partial charge in [-0.25, -0.2) is 0 Å². The Morgan fingerprint density at radius 2 is 1.47 bits per heavy atom. The van der Waals surface area contributed by atoms with Crippen molar-refractivity contribution in [1.82, 2.24) is 0 Å². The minimum absolute atomic E-state index is 0.111. The van der Waals surface area contributed by atoms with Crippen molar-refractivity contribution in [3.05, 3.63) is 0 Å². The van der Waals surface area contributed by atoms with E-state index < -0.39 is 17.9 Å². The normalized spacial score (nSPS) is 11.2. The van der Waals surface area contributed by atoms with Gasteiger partial charge < -0.3 is 9.47 Å². The lowest BCUT2D eigenvalue weighted by atomic mass is 9.92. The summed E-state index contributed by atoms with van der Waals surface area (Å²) in [4.78, 5) is 23.7. The zero-order valence-corrected chi connectivity index (χ0v) is 11.5. The van der Waals surface area contributed by atoms with Gasteiger partial charge in [0.25, 0.3) is 0 Å². The van der Waals surface area contributed by atoms with Crippen LogP contribution in [0.25, 0.3) is 0 Å². The summed E-state index contributed by atoms with van der Waals surface area (Å²) in [6, 6.07) is 0. The highest BCUT2D eigenvalue weighted by atomic mass is 16.6. The molecule has 0 rings (SSSR count). The highest BCUT2D eigenvalue weighted by Gasteiger charge is 2.34. The largest absolute Gasteiger partial charge is 0.464 e. The van der Waals surface area contributed by atoms with E-state index in [0.717, 1.165) is 0 Å². The summed E-state index contributed by atoms with van der Waals surface area (Å²) in [6.07, 6.45) is 11.4. The third-order valence-electron chi connectivity index (χ3n) is 2.70. The summed E-state index contributed by atoms with van der Waals surface area (Å²) in [5.41, 5.74) is 0. The van der Waals surface area contributed by atoms with Crippen LogP contribution in [0.2, 0.25) is 0 Å². The van der Waals surface area contributed by atoms with Crippen LogP contribution in [-0.2, 0) is 19.1 Å². The molecular weight excluding hydrogens is 244 g/mol. The Hall–Kier alpha value is -1.94. The van der Waals surface area contributed by atoms with Gasteiger partial charge in [0.05, 0.1) is 0 Å². The molecule has 0 aromatic heterocycles. The van der Waals surface area contributed by atoms with Crippen molar-refractivity contribution in [3.8, 4) is 24.7 Å². The highest BCUT2D eigenvalue weighted by Crippen LogP contribution is 2.19. The van der Waals surface area contributed by atoms with E-state index in [1.165, 1.54) is 0 Å². The standard InChI is InChI=1S/C15H20O4/c1-5-8-10-18-14(16)13(12(4)7-3)15(17)19-11-9-6-2/h1-2,12-13H,7-11H2,3-4H3. The van der Waals surface area contributed by atoms with E-state index in [4.69, 9.17) is 22.3 Å². The number of esters is 2. The molecule has 0 aliphatic heterocycles.